The average Bonchev–Trinajstić information content (AvgIpc) is 3.25. The molecule has 1 saturated heterocycles. The predicted molar refractivity (Wildman–Crippen MR) is 118 cm³/mol. The molecular formula is C23H28N2O5S. The number of ether oxygens (including phenoxy) is 3. The fourth-order valence-corrected chi connectivity index (χ4v) is 5.28. The van der Waals surface area contributed by atoms with Crippen molar-refractivity contribution in [1.82, 2.24) is 10.2 Å². The monoisotopic (exact) mass is 444 g/mol. The molecule has 8 heteroatoms. The Morgan fingerprint density at radius 3 is 2.74 bits per heavy atom. The number of hydrogen-bond donors (Lipinski definition) is 1. The normalized spacial score (nSPS) is 18.3. The molecule has 1 aromatic carbocycles. The van der Waals surface area contributed by atoms with Crippen molar-refractivity contribution in [3.8, 4) is 11.5 Å². The highest BCUT2D eigenvalue weighted by molar-refractivity contribution is 7.14. The number of nitrogens with zero attached hydrogens (tertiary/aromatic N) is 1. The van der Waals surface area contributed by atoms with Crippen LogP contribution in [0, 0.1) is 5.92 Å². The Kier molecular flexibility index (Phi) is 6.77. The smallest absolute Gasteiger partial charge is 0.264 e. The molecule has 0 unspecified atom stereocenters. The maximum atomic E-state index is 12.8. The summed E-state index contributed by atoms with van der Waals surface area (Å²) < 4.78 is 16.0. The average molecular weight is 445 g/mol. The first-order valence-electron chi connectivity index (χ1n) is 10.6. The molecule has 2 aliphatic rings. The minimum atomic E-state index is -0.0855. The van der Waals surface area contributed by atoms with Crippen molar-refractivity contribution in [3.05, 3.63) is 45.1 Å². The summed E-state index contributed by atoms with van der Waals surface area (Å²) in [6.45, 7) is 2.87. The highest BCUT2D eigenvalue weighted by Gasteiger charge is 2.29. The molecule has 0 bridgehead atoms. The van der Waals surface area contributed by atoms with Crippen LogP contribution in [0.3, 0.4) is 0 Å². The quantitative estimate of drug-likeness (QED) is 0.741. The fraction of sp³-hybridized carbons (Fsp3) is 0.478. The van der Waals surface area contributed by atoms with E-state index in [0.717, 1.165) is 28.8 Å². The number of hydrogen-bond acceptors (Lipinski definition) is 6. The highest BCUT2D eigenvalue weighted by atomic mass is 32.1. The summed E-state index contributed by atoms with van der Waals surface area (Å²) in [4.78, 5) is 29.5. The summed E-state index contributed by atoms with van der Waals surface area (Å²) in [6, 6.07) is 7.56. The van der Waals surface area contributed by atoms with E-state index in [1.807, 2.05) is 29.2 Å². The lowest BCUT2D eigenvalue weighted by Crippen LogP contribution is -2.40. The molecule has 7 nitrogen and oxygen atoms in total. The molecule has 0 radical (unpaired) electrons. The van der Waals surface area contributed by atoms with Crippen molar-refractivity contribution in [2.45, 2.75) is 25.8 Å². The van der Waals surface area contributed by atoms with Gasteiger partial charge in [-0.2, -0.15) is 0 Å². The standard InChI is InChI=1S/C23H28N2O5S/c1-28-18-5-3-16(19(13-18)29-2)14-24-22(26)15-4-6-20-17(11-15)12-21(31-20)23(27)25-7-9-30-10-8-25/h3,5,12-13,15H,4,6-11,14H2,1-2H3,(H,24,26)/t15-/m0/s1. The number of rotatable bonds is 6. The molecule has 166 valence electrons. The van der Waals surface area contributed by atoms with E-state index in [2.05, 4.69) is 5.32 Å². The molecular weight excluding hydrogens is 416 g/mol. The van der Waals surface area contributed by atoms with E-state index in [0.29, 0.717) is 50.8 Å². The van der Waals surface area contributed by atoms with Gasteiger partial charge >= 0.3 is 0 Å². The van der Waals surface area contributed by atoms with E-state index in [1.54, 1.807) is 25.6 Å². The fourth-order valence-electron chi connectivity index (χ4n) is 4.10. The van der Waals surface area contributed by atoms with Gasteiger partial charge in [0.1, 0.15) is 11.5 Å². The lowest BCUT2D eigenvalue weighted by Gasteiger charge is -2.26. The van der Waals surface area contributed by atoms with E-state index in [-0.39, 0.29) is 17.7 Å². The Labute approximate surface area is 186 Å². The molecule has 1 aliphatic heterocycles. The Morgan fingerprint density at radius 1 is 1.19 bits per heavy atom. The lowest BCUT2D eigenvalue weighted by atomic mass is 9.87. The number of benzene rings is 1. The van der Waals surface area contributed by atoms with Gasteiger partial charge in [0.25, 0.3) is 5.91 Å². The third kappa shape index (κ3) is 4.85. The van der Waals surface area contributed by atoms with Crippen LogP contribution in [0.1, 0.15) is 32.1 Å². The largest absolute Gasteiger partial charge is 0.497 e. The summed E-state index contributed by atoms with van der Waals surface area (Å²) >= 11 is 1.58. The minimum Gasteiger partial charge on any atom is -0.497 e. The van der Waals surface area contributed by atoms with Crippen LogP contribution >= 0.6 is 11.3 Å². The second kappa shape index (κ2) is 9.70. The molecule has 31 heavy (non-hydrogen) atoms. The summed E-state index contributed by atoms with van der Waals surface area (Å²) in [6.07, 6.45) is 2.30. The lowest BCUT2D eigenvalue weighted by molar-refractivity contribution is -0.125. The SMILES string of the molecule is COc1ccc(CNC(=O)[C@H]2CCc3sc(C(=O)N4CCOCC4)cc3C2)c(OC)c1. The Balaban J connectivity index is 1.37. The maximum absolute atomic E-state index is 12.8. The zero-order valence-electron chi connectivity index (χ0n) is 17.9. The summed E-state index contributed by atoms with van der Waals surface area (Å²) in [5.41, 5.74) is 2.04. The van der Waals surface area contributed by atoms with Crippen LogP contribution in [0.15, 0.2) is 24.3 Å². The van der Waals surface area contributed by atoms with E-state index in [1.165, 1.54) is 4.88 Å². The van der Waals surface area contributed by atoms with Gasteiger partial charge in [0.15, 0.2) is 0 Å². The molecule has 4 rings (SSSR count). The third-order valence-electron chi connectivity index (χ3n) is 5.91. The predicted octanol–water partition coefficient (Wildman–Crippen LogP) is 2.66. The van der Waals surface area contributed by atoms with Crippen LogP contribution in [-0.2, 0) is 28.9 Å². The van der Waals surface area contributed by atoms with Gasteiger partial charge in [-0.3, -0.25) is 9.59 Å². The van der Waals surface area contributed by atoms with Crippen LogP contribution in [0.4, 0.5) is 0 Å². The molecule has 0 saturated carbocycles. The molecule has 0 spiro atoms. The van der Waals surface area contributed by atoms with Crippen LogP contribution in [0.2, 0.25) is 0 Å². The number of aryl methyl sites for hydroxylation is 1. The van der Waals surface area contributed by atoms with Crippen LogP contribution in [-0.4, -0.2) is 57.2 Å². The van der Waals surface area contributed by atoms with Gasteiger partial charge in [0.2, 0.25) is 5.91 Å². The first-order chi connectivity index (χ1) is 15.1. The maximum Gasteiger partial charge on any atom is 0.264 e. The zero-order chi connectivity index (χ0) is 21.8. The van der Waals surface area contributed by atoms with Crippen molar-refractivity contribution in [2.24, 2.45) is 5.92 Å². The number of amides is 2. The Morgan fingerprint density at radius 2 is 2.00 bits per heavy atom. The molecule has 1 atom stereocenters. The number of nitrogens with one attached hydrogen (secondary N) is 1. The van der Waals surface area contributed by atoms with Gasteiger partial charge in [-0.05, 0) is 43.0 Å². The van der Waals surface area contributed by atoms with Crippen LogP contribution in [0.5, 0.6) is 11.5 Å². The zero-order valence-corrected chi connectivity index (χ0v) is 18.8. The minimum absolute atomic E-state index is 0.0378. The molecule has 1 N–H and O–H groups in total. The number of fused-ring (bicyclic) bond motifs is 1. The van der Waals surface area contributed by atoms with Crippen molar-refractivity contribution in [1.29, 1.82) is 0 Å². The Bertz CT molecular complexity index is 951. The molecule has 2 heterocycles. The second-order valence-electron chi connectivity index (χ2n) is 7.80. The topological polar surface area (TPSA) is 77.1 Å². The summed E-state index contributed by atoms with van der Waals surface area (Å²) in [7, 11) is 3.22. The van der Waals surface area contributed by atoms with Crippen molar-refractivity contribution in [3.63, 3.8) is 0 Å². The van der Waals surface area contributed by atoms with E-state index < -0.39 is 0 Å². The number of thiophene rings is 1. The number of carbonyl (C=O) groups is 2. The Hall–Kier alpha value is -2.58. The van der Waals surface area contributed by atoms with Crippen LogP contribution in [0.25, 0.3) is 0 Å². The van der Waals surface area contributed by atoms with E-state index >= 15 is 0 Å². The van der Waals surface area contributed by atoms with Gasteiger partial charge in [-0.25, -0.2) is 0 Å². The van der Waals surface area contributed by atoms with Crippen molar-refractivity contribution in [2.75, 3.05) is 40.5 Å². The molecule has 1 aromatic heterocycles. The van der Waals surface area contributed by atoms with Gasteiger partial charge in [0.05, 0.1) is 32.3 Å². The summed E-state index contributed by atoms with van der Waals surface area (Å²) in [5, 5.41) is 3.05. The first-order valence-corrected chi connectivity index (χ1v) is 11.4. The van der Waals surface area contributed by atoms with Crippen molar-refractivity contribution >= 4 is 23.2 Å². The molecule has 1 aliphatic carbocycles. The molecule has 1 fully saturated rings. The third-order valence-corrected chi connectivity index (χ3v) is 7.14. The number of morpholine rings is 1. The van der Waals surface area contributed by atoms with Crippen LogP contribution < -0.4 is 14.8 Å². The van der Waals surface area contributed by atoms with Gasteiger partial charge in [0, 0.05) is 42.1 Å². The van der Waals surface area contributed by atoms with Gasteiger partial charge in [-0.1, -0.05) is 0 Å². The van der Waals surface area contributed by atoms with Gasteiger partial charge in [-0.15, -0.1) is 11.3 Å². The van der Waals surface area contributed by atoms with Gasteiger partial charge < -0.3 is 24.4 Å². The first kappa shape index (κ1) is 21.6. The van der Waals surface area contributed by atoms with E-state index in [4.69, 9.17) is 14.2 Å². The molecule has 2 aromatic rings. The van der Waals surface area contributed by atoms with Crippen molar-refractivity contribution < 1.29 is 23.8 Å². The summed E-state index contributed by atoms with van der Waals surface area (Å²) in [5.74, 6) is 1.44. The van der Waals surface area contributed by atoms with E-state index in [9.17, 15) is 9.59 Å². The number of carbonyl (C=O) groups excluding carboxylic acids is 2. The number of methoxy groups -OCH3 is 2. The highest BCUT2D eigenvalue weighted by Crippen LogP contribution is 2.33. The second-order valence-corrected chi connectivity index (χ2v) is 8.94. The molecule has 2 amide bonds.